The summed E-state index contributed by atoms with van der Waals surface area (Å²) in [6.45, 7) is 10.2. The van der Waals surface area contributed by atoms with E-state index in [1.165, 1.54) is 0 Å². The first kappa shape index (κ1) is 11.6. The lowest BCUT2D eigenvalue weighted by atomic mass is 10.1. The monoisotopic (exact) mass is 171 g/mol. The Hall–Kier alpha value is -0.370. The number of carbonyl (C=O) groups is 1. The van der Waals surface area contributed by atoms with Crippen molar-refractivity contribution in [2.24, 2.45) is 0 Å². The Kier molecular flexibility index (Phi) is 5.99. The summed E-state index contributed by atoms with van der Waals surface area (Å²) in [7, 11) is 0. The first-order valence-electron chi connectivity index (χ1n) is 4.97. The minimum absolute atomic E-state index is 0.157. The third-order valence-corrected chi connectivity index (χ3v) is 2.36. The van der Waals surface area contributed by atoms with Gasteiger partial charge in [-0.1, -0.05) is 27.7 Å². The van der Waals surface area contributed by atoms with Gasteiger partial charge in [-0.25, -0.2) is 0 Å². The molecule has 0 fully saturated rings. The van der Waals surface area contributed by atoms with Crippen molar-refractivity contribution in [3.8, 4) is 0 Å². The highest BCUT2D eigenvalue weighted by atomic mass is 16.1. The zero-order valence-electron chi connectivity index (χ0n) is 8.76. The third-order valence-electron chi connectivity index (χ3n) is 2.36. The highest BCUT2D eigenvalue weighted by Gasteiger charge is 2.19. The van der Waals surface area contributed by atoms with Crippen LogP contribution in [-0.2, 0) is 4.79 Å². The van der Waals surface area contributed by atoms with Gasteiger partial charge in [-0.3, -0.25) is 9.69 Å². The van der Waals surface area contributed by atoms with E-state index in [4.69, 9.17) is 0 Å². The van der Waals surface area contributed by atoms with Gasteiger partial charge in [0.2, 0.25) is 0 Å². The molecule has 1 unspecified atom stereocenters. The number of likely N-dealkylation sites (N-methyl/N-ethyl adjacent to an activating group) is 1. The maximum Gasteiger partial charge on any atom is 0.149 e. The first-order chi connectivity index (χ1) is 5.71. The molecule has 2 heteroatoms. The number of nitrogens with zero attached hydrogens (tertiary/aromatic N) is 1. The Labute approximate surface area is 75.9 Å². The van der Waals surface area contributed by atoms with E-state index in [-0.39, 0.29) is 6.04 Å². The van der Waals surface area contributed by atoms with Crippen LogP contribution in [0.15, 0.2) is 0 Å². The summed E-state index contributed by atoms with van der Waals surface area (Å²) in [5.74, 6) is 0.376. The highest BCUT2D eigenvalue weighted by Crippen LogP contribution is 2.06. The van der Waals surface area contributed by atoms with Gasteiger partial charge in [0, 0.05) is 6.42 Å². The molecule has 0 saturated heterocycles. The van der Waals surface area contributed by atoms with Crippen LogP contribution >= 0.6 is 0 Å². The van der Waals surface area contributed by atoms with Gasteiger partial charge < -0.3 is 0 Å². The van der Waals surface area contributed by atoms with Gasteiger partial charge in [-0.05, 0) is 19.5 Å². The largest absolute Gasteiger partial charge is 0.298 e. The standard InChI is InChI=1S/C10H21NO/c1-5-9(10(12)6-2)11(7-3)8-4/h9H,5-8H2,1-4H3. The Balaban J connectivity index is 4.19. The zero-order chi connectivity index (χ0) is 9.56. The van der Waals surface area contributed by atoms with E-state index < -0.39 is 0 Å². The molecule has 1 atom stereocenters. The number of Topliss-reactive ketones (excluding diaryl/α,β-unsaturated/α-hetero) is 1. The van der Waals surface area contributed by atoms with Crippen LogP contribution in [-0.4, -0.2) is 29.8 Å². The van der Waals surface area contributed by atoms with Crippen molar-refractivity contribution in [3.05, 3.63) is 0 Å². The Morgan fingerprint density at radius 2 is 1.67 bits per heavy atom. The second-order valence-corrected chi connectivity index (χ2v) is 2.97. The minimum atomic E-state index is 0.157. The summed E-state index contributed by atoms with van der Waals surface area (Å²) in [6, 6.07) is 0.157. The van der Waals surface area contributed by atoms with Crippen molar-refractivity contribution < 1.29 is 4.79 Å². The number of carbonyl (C=O) groups excluding carboxylic acids is 1. The number of hydrogen-bond donors (Lipinski definition) is 0. The third kappa shape index (κ3) is 2.94. The Morgan fingerprint density at radius 3 is 1.92 bits per heavy atom. The lowest BCUT2D eigenvalue weighted by Gasteiger charge is -2.27. The van der Waals surface area contributed by atoms with E-state index in [1.54, 1.807) is 0 Å². The van der Waals surface area contributed by atoms with Crippen molar-refractivity contribution in [2.45, 2.75) is 46.6 Å². The number of rotatable bonds is 6. The molecule has 12 heavy (non-hydrogen) atoms. The SMILES string of the molecule is CCC(=O)C(CC)N(CC)CC. The van der Waals surface area contributed by atoms with Crippen molar-refractivity contribution in [1.29, 1.82) is 0 Å². The molecule has 0 N–H and O–H groups in total. The van der Waals surface area contributed by atoms with Crippen LogP contribution in [0.5, 0.6) is 0 Å². The number of hydrogen-bond acceptors (Lipinski definition) is 2. The number of ketones is 1. The average Bonchev–Trinajstić information content (AvgIpc) is 2.12. The summed E-state index contributed by atoms with van der Waals surface area (Å²) < 4.78 is 0. The molecule has 0 aromatic carbocycles. The van der Waals surface area contributed by atoms with E-state index in [0.29, 0.717) is 12.2 Å². The van der Waals surface area contributed by atoms with Crippen LogP contribution in [0.2, 0.25) is 0 Å². The summed E-state index contributed by atoms with van der Waals surface area (Å²) >= 11 is 0. The highest BCUT2D eigenvalue weighted by molar-refractivity contribution is 5.83. The predicted molar refractivity (Wildman–Crippen MR) is 52.3 cm³/mol. The van der Waals surface area contributed by atoms with Gasteiger partial charge in [0.1, 0.15) is 5.78 Å². The van der Waals surface area contributed by atoms with E-state index in [0.717, 1.165) is 19.5 Å². The van der Waals surface area contributed by atoms with Crippen molar-refractivity contribution in [3.63, 3.8) is 0 Å². The summed E-state index contributed by atoms with van der Waals surface area (Å²) in [6.07, 6.45) is 1.60. The van der Waals surface area contributed by atoms with Crippen LogP contribution in [0.3, 0.4) is 0 Å². The van der Waals surface area contributed by atoms with Crippen LogP contribution < -0.4 is 0 Å². The molecule has 0 saturated carbocycles. The van der Waals surface area contributed by atoms with Crippen molar-refractivity contribution in [1.82, 2.24) is 4.90 Å². The topological polar surface area (TPSA) is 20.3 Å². The van der Waals surface area contributed by atoms with E-state index in [9.17, 15) is 4.79 Å². The fraction of sp³-hybridized carbons (Fsp3) is 0.900. The van der Waals surface area contributed by atoms with E-state index >= 15 is 0 Å². The average molecular weight is 171 g/mol. The van der Waals surface area contributed by atoms with E-state index in [1.807, 2.05) is 6.92 Å². The lowest BCUT2D eigenvalue weighted by molar-refractivity contribution is -0.124. The maximum atomic E-state index is 11.5. The molecule has 0 amide bonds. The van der Waals surface area contributed by atoms with Crippen LogP contribution in [0.1, 0.15) is 40.5 Å². The molecule has 0 bridgehead atoms. The summed E-state index contributed by atoms with van der Waals surface area (Å²) in [5, 5.41) is 0. The second-order valence-electron chi connectivity index (χ2n) is 2.97. The molecule has 72 valence electrons. The lowest BCUT2D eigenvalue weighted by Crippen LogP contribution is -2.40. The van der Waals surface area contributed by atoms with Gasteiger partial charge in [0.15, 0.2) is 0 Å². The molecule has 0 aliphatic carbocycles. The summed E-state index contributed by atoms with van der Waals surface area (Å²) in [4.78, 5) is 13.7. The van der Waals surface area contributed by atoms with Crippen molar-refractivity contribution in [2.75, 3.05) is 13.1 Å². The quantitative estimate of drug-likeness (QED) is 0.610. The Bertz CT molecular complexity index is 130. The van der Waals surface area contributed by atoms with Crippen LogP contribution in [0, 0.1) is 0 Å². The fourth-order valence-corrected chi connectivity index (χ4v) is 1.59. The molecule has 0 aromatic heterocycles. The molecule has 0 heterocycles. The molecule has 0 radical (unpaired) electrons. The second kappa shape index (κ2) is 6.18. The van der Waals surface area contributed by atoms with Crippen LogP contribution in [0.25, 0.3) is 0 Å². The van der Waals surface area contributed by atoms with Crippen molar-refractivity contribution >= 4 is 5.78 Å². The molecule has 2 nitrogen and oxygen atoms in total. The molecule has 0 aliphatic rings. The molecule has 0 aliphatic heterocycles. The van der Waals surface area contributed by atoms with Gasteiger partial charge in [-0.2, -0.15) is 0 Å². The maximum absolute atomic E-state index is 11.5. The molecular formula is C10H21NO. The molecule has 0 spiro atoms. The minimum Gasteiger partial charge on any atom is -0.298 e. The van der Waals surface area contributed by atoms with Gasteiger partial charge in [0.25, 0.3) is 0 Å². The predicted octanol–water partition coefficient (Wildman–Crippen LogP) is 2.09. The van der Waals surface area contributed by atoms with E-state index in [2.05, 4.69) is 25.7 Å². The smallest absolute Gasteiger partial charge is 0.149 e. The fourth-order valence-electron chi connectivity index (χ4n) is 1.59. The molecule has 0 rings (SSSR count). The molecular weight excluding hydrogens is 150 g/mol. The summed E-state index contributed by atoms with van der Waals surface area (Å²) in [5.41, 5.74) is 0. The van der Waals surface area contributed by atoms with Gasteiger partial charge in [-0.15, -0.1) is 0 Å². The van der Waals surface area contributed by atoms with Crippen LogP contribution in [0.4, 0.5) is 0 Å². The zero-order valence-corrected chi connectivity index (χ0v) is 8.76. The molecule has 0 aromatic rings. The Morgan fingerprint density at radius 1 is 1.17 bits per heavy atom. The van der Waals surface area contributed by atoms with Gasteiger partial charge in [0.05, 0.1) is 6.04 Å². The normalized spacial score (nSPS) is 13.4. The van der Waals surface area contributed by atoms with Gasteiger partial charge >= 0.3 is 0 Å². The first-order valence-corrected chi connectivity index (χ1v) is 4.97.